The summed E-state index contributed by atoms with van der Waals surface area (Å²) in [4.78, 5) is 47.9. The summed E-state index contributed by atoms with van der Waals surface area (Å²) >= 11 is 0. The van der Waals surface area contributed by atoms with Crippen LogP contribution in [0.3, 0.4) is 0 Å². The number of aryl methyl sites for hydroxylation is 1. The van der Waals surface area contributed by atoms with Crippen molar-refractivity contribution in [3.63, 3.8) is 0 Å². The largest absolute Gasteiger partial charge is 0.358 e. The molecule has 0 bridgehead atoms. The molecule has 2 atom stereocenters. The molecule has 0 radical (unpaired) electrons. The first-order chi connectivity index (χ1) is 20.3. The van der Waals surface area contributed by atoms with E-state index in [2.05, 4.69) is 25.4 Å². The van der Waals surface area contributed by atoms with Crippen molar-refractivity contribution >= 4 is 35.1 Å². The summed E-state index contributed by atoms with van der Waals surface area (Å²) in [6.45, 7) is 9.78. The molecule has 1 aromatic heterocycles. The van der Waals surface area contributed by atoms with E-state index in [0.29, 0.717) is 28.0 Å². The van der Waals surface area contributed by atoms with E-state index in [1.54, 1.807) is 24.3 Å². The van der Waals surface area contributed by atoms with Gasteiger partial charge in [0.2, 0.25) is 0 Å². The van der Waals surface area contributed by atoms with Gasteiger partial charge in [-0.2, -0.15) is 0 Å². The minimum atomic E-state index is -0.232. The van der Waals surface area contributed by atoms with E-state index >= 15 is 0 Å². The van der Waals surface area contributed by atoms with E-state index in [1.165, 1.54) is 12.8 Å². The average Bonchev–Trinajstić information content (AvgIpc) is 3.78. The Balaban J connectivity index is 1.24. The summed E-state index contributed by atoms with van der Waals surface area (Å²) in [6, 6.07) is 15.1. The van der Waals surface area contributed by atoms with Crippen molar-refractivity contribution in [3.8, 4) is 0 Å². The second-order valence-corrected chi connectivity index (χ2v) is 11.8. The monoisotopic (exact) mass is 565 g/mol. The van der Waals surface area contributed by atoms with E-state index in [0.717, 1.165) is 61.5 Å². The molecular weight excluding hydrogens is 526 g/mol. The molecule has 218 valence electrons. The molecule has 0 aliphatic carbocycles. The van der Waals surface area contributed by atoms with Gasteiger partial charge < -0.3 is 25.4 Å². The molecule has 4 heterocycles. The number of aromatic amines is 1. The minimum Gasteiger partial charge on any atom is -0.358 e. The van der Waals surface area contributed by atoms with Crippen LogP contribution in [0.1, 0.15) is 87.4 Å². The minimum absolute atomic E-state index is 0.0652. The Labute approximate surface area is 247 Å². The van der Waals surface area contributed by atoms with Gasteiger partial charge in [0.15, 0.2) is 0 Å². The molecule has 2 saturated heterocycles. The molecule has 3 aliphatic rings. The number of likely N-dealkylation sites (tertiary alicyclic amines) is 2. The third-order valence-electron chi connectivity index (χ3n) is 9.00. The summed E-state index contributed by atoms with van der Waals surface area (Å²) in [5.41, 5.74) is 6.36. The fourth-order valence-electron chi connectivity index (χ4n) is 6.66. The summed E-state index contributed by atoms with van der Waals surface area (Å²) in [7, 11) is 0. The molecular formula is C34H39N5O3. The number of carbonyl (C=O) groups is 3. The molecule has 42 heavy (non-hydrogen) atoms. The number of H-pyrrole nitrogens is 1. The first-order valence-corrected chi connectivity index (χ1v) is 15.1. The SMILES string of the molecule is Cc1[nH]c(C=C2C(=O)Nc3ccc(C(=O)N[C@H](C)c4ccccc4)cc32)c(C)c1C(=O)N1CCC[C@@H]1CN1CCCC1. The first kappa shape index (κ1) is 28.0. The number of anilines is 1. The molecule has 8 nitrogen and oxygen atoms in total. The lowest BCUT2D eigenvalue weighted by Gasteiger charge is -2.28. The number of rotatable bonds is 7. The zero-order valence-corrected chi connectivity index (χ0v) is 24.6. The second kappa shape index (κ2) is 11.6. The van der Waals surface area contributed by atoms with Gasteiger partial charge in [0.25, 0.3) is 17.7 Å². The van der Waals surface area contributed by atoms with Gasteiger partial charge >= 0.3 is 0 Å². The average molecular weight is 566 g/mol. The van der Waals surface area contributed by atoms with Crippen LogP contribution in [0.25, 0.3) is 11.6 Å². The Morgan fingerprint density at radius 3 is 2.57 bits per heavy atom. The fourth-order valence-corrected chi connectivity index (χ4v) is 6.66. The van der Waals surface area contributed by atoms with Crippen LogP contribution in [0.2, 0.25) is 0 Å². The standard InChI is InChI=1S/C34H39N5O3/c1-21-30(35-23(3)31(21)34(42)39-17-9-12-26(39)20-38-15-7-8-16-38)19-28-27-18-25(13-14-29(27)37-33(28)41)32(40)36-22(2)24-10-5-4-6-11-24/h4-6,10-11,13-14,18-19,22,26,35H,7-9,12,15-17,20H2,1-3H3,(H,36,40)(H,37,41)/t22-,26-/m1/s1. The molecule has 3 amide bonds. The number of fused-ring (bicyclic) bond motifs is 1. The highest BCUT2D eigenvalue weighted by molar-refractivity contribution is 6.35. The van der Waals surface area contributed by atoms with Crippen molar-refractivity contribution < 1.29 is 14.4 Å². The van der Waals surface area contributed by atoms with E-state index in [9.17, 15) is 14.4 Å². The number of nitrogens with zero attached hydrogens (tertiary/aromatic N) is 2. The van der Waals surface area contributed by atoms with Crippen molar-refractivity contribution in [1.29, 1.82) is 0 Å². The van der Waals surface area contributed by atoms with Crippen LogP contribution in [0, 0.1) is 13.8 Å². The predicted octanol–water partition coefficient (Wildman–Crippen LogP) is 5.32. The van der Waals surface area contributed by atoms with Gasteiger partial charge in [-0.3, -0.25) is 14.4 Å². The van der Waals surface area contributed by atoms with Crippen LogP contribution in [0.4, 0.5) is 5.69 Å². The smallest absolute Gasteiger partial charge is 0.256 e. The Hall–Kier alpha value is -4.17. The quantitative estimate of drug-likeness (QED) is 0.338. The predicted molar refractivity (Wildman–Crippen MR) is 165 cm³/mol. The lowest BCUT2D eigenvalue weighted by atomic mass is 10.0. The molecule has 2 fully saturated rings. The van der Waals surface area contributed by atoms with Gasteiger partial charge in [0, 0.05) is 47.3 Å². The topological polar surface area (TPSA) is 97.5 Å². The Bertz CT molecular complexity index is 1550. The van der Waals surface area contributed by atoms with Gasteiger partial charge in [-0.1, -0.05) is 30.3 Å². The number of amides is 3. The van der Waals surface area contributed by atoms with Gasteiger partial charge in [-0.05, 0) is 94.9 Å². The Morgan fingerprint density at radius 1 is 1.05 bits per heavy atom. The zero-order chi connectivity index (χ0) is 29.4. The molecule has 8 heteroatoms. The molecule has 0 unspecified atom stereocenters. The van der Waals surface area contributed by atoms with Gasteiger partial charge in [-0.15, -0.1) is 0 Å². The van der Waals surface area contributed by atoms with Crippen LogP contribution in [0.5, 0.6) is 0 Å². The van der Waals surface area contributed by atoms with Crippen LogP contribution < -0.4 is 10.6 Å². The van der Waals surface area contributed by atoms with Crippen LogP contribution in [0.15, 0.2) is 48.5 Å². The van der Waals surface area contributed by atoms with Crippen molar-refractivity contribution in [3.05, 3.63) is 87.7 Å². The van der Waals surface area contributed by atoms with E-state index in [1.807, 2.05) is 51.1 Å². The number of nitrogens with one attached hydrogen (secondary N) is 3. The van der Waals surface area contributed by atoms with Crippen LogP contribution >= 0.6 is 0 Å². The maximum absolute atomic E-state index is 13.8. The molecule has 2 aromatic carbocycles. The van der Waals surface area contributed by atoms with Crippen molar-refractivity contribution in [2.24, 2.45) is 0 Å². The Kier molecular flexibility index (Phi) is 7.73. The van der Waals surface area contributed by atoms with E-state index in [4.69, 9.17) is 0 Å². The maximum atomic E-state index is 13.8. The molecule has 0 saturated carbocycles. The fraction of sp³-hybridized carbons (Fsp3) is 0.382. The summed E-state index contributed by atoms with van der Waals surface area (Å²) in [5.74, 6) is -0.373. The molecule has 3 N–H and O–H groups in total. The lowest BCUT2D eigenvalue weighted by molar-refractivity contribution is -0.110. The van der Waals surface area contributed by atoms with Gasteiger partial charge in [-0.25, -0.2) is 0 Å². The zero-order valence-electron chi connectivity index (χ0n) is 24.6. The van der Waals surface area contributed by atoms with Gasteiger partial charge in [0.1, 0.15) is 0 Å². The van der Waals surface area contributed by atoms with Gasteiger partial charge in [0.05, 0.1) is 17.2 Å². The van der Waals surface area contributed by atoms with Crippen LogP contribution in [-0.4, -0.2) is 64.7 Å². The number of aromatic nitrogens is 1. The normalized spacial score (nSPS) is 20.2. The third kappa shape index (κ3) is 5.39. The number of carbonyl (C=O) groups excluding carboxylic acids is 3. The van der Waals surface area contributed by atoms with Crippen LogP contribution in [-0.2, 0) is 4.79 Å². The molecule has 3 aromatic rings. The highest BCUT2D eigenvalue weighted by Crippen LogP contribution is 2.35. The summed E-state index contributed by atoms with van der Waals surface area (Å²) in [6.07, 6.45) is 6.36. The third-order valence-corrected chi connectivity index (χ3v) is 9.00. The highest BCUT2D eigenvalue weighted by atomic mass is 16.2. The number of hydrogen-bond acceptors (Lipinski definition) is 4. The van der Waals surface area contributed by atoms with Crippen molar-refractivity contribution in [2.75, 3.05) is 31.5 Å². The molecule has 3 aliphatic heterocycles. The lowest BCUT2D eigenvalue weighted by Crippen LogP contribution is -2.42. The molecule has 6 rings (SSSR count). The first-order valence-electron chi connectivity index (χ1n) is 15.1. The van der Waals surface area contributed by atoms with Crippen molar-refractivity contribution in [2.45, 2.75) is 58.5 Å². The maximum Gasteiger partial charge on any atom is 0.256 e. The van der Waals surface area contributed by atoms with E-state index < -0.39 is 0 Å². The molecule has 0 spiro atoms. The van der Waals surface area contributed by atoms with E-state index in [-0.39, 0.29) is 29.8 Å². The Morgan fingerprint density at radius 2 is 1.81 bits per heavy atom. The second-order valence-electron chi connectivity index (χ2n) is 11.8. The highest BCUT2D eigenvalue weighted by Gasteiger charge is 2.34. The number of benzene rings is 2. The number of hydrogen-bond donors (Lipinski definition) is 3. The summed E-state index contributed by atoms with van der Waals surface area (Å²) < 4.78 is 0. The van der Waals surface area contributed by atoms with Crippen molar-refractivity contribution in [1.82, 2.24) is 20.1 Å². The summed E-state index contributed by atoms with van der Waals surface area (Å²) in [5, 5.41) is 5.97.